The number of esters is 1. The maximum Gasteiger partial charge on any atom is 0.333 e. The Bertz CT molecular complexity index is 4240. The molecular weight excluding hydrogens is 1250 g/mol. The Morgan fingerprint density at radius 3 is 1.86 bits per heavy atom. The third kappa shape index (κ3) is 12.8. The molecule has 14 N–H and O–H groups in total. The molecule has 26 nitrogen and oxygen atoms in total. The van der Waals surface area contributed by atoms with Crippen LogP contribution >= 0.6 is 23.2 Å². The van der Waals surface area contributed by atoms with Crippen LogP contribution in [0.3, 0.4) is 0 Å². The van der Waals surface area contributed by atoms with Crippen molar-refractivity contribution in [3.05, 3.63) is 164 Å². The molecule has 7 aromatic carbocycles. The summed E-state index contributed by atoms with van der Waals surface area (Å²) in [4.78, 5) is 107. The largest absolute Gasteiger partial charge is 0.508 e. The number of aliphatic hydroxyl groups is 1. The van der Waals surface area contributed by atoms with Gasteiger partial charge in [0.05, 0.1) is 17.2 Å². The third-order valence-corrected chi connectivity index (χ3v) is 17.1. The van der Waals surface area contributed by atoms with Crippen molar-refractivity contribution in [1.29, 1.82) is 0 Å². The van der Waals surface area contributed by atoms with Crippen molar-refractivity contribution in [2.75, 3.05) is 33.4 Å². The fraction of sp³-hybridized carbons (Fsp3) is 0.246. The van der Waals surface area contributed by atoms with E-state index in [-0.39, 0.29) is 108 Å². The zero-order valence-corrected chi connectivity index (χ0v) is 50.4. The summed E-state index contributed by atoms with van der Waals surface area (Å²) in [6.07, 6.45) is -0.473. The number of methoxy groups -OCH3 is 1. The van der Waals surface area contributed by atoms with E-state index in [0.29, 0.717) is 12.1 Å². The quantitative estimate of drug-likeness (QED) is 0.0900. The molecule has 28 heteroatoms. The number of likely N-dealkylation sites (tertiary alicyclic amines) is 1. The molecule has 7 heterocycles. The second-order valence-corrected chi connectivity index (χ2v) is 23.5. The molecule has 6 amide bonds. The van der Waals surface area contributed by atoms with Crippen LogP contribution in [-0.4, -0.2) is 122 Å². The molecule has 0 aliphatic carbocycles. The first kappa shape index (κ1) is 62.7. The van der Waals surface area contributed by atoms with E-state index in [9.17, 15) is 45.0 Å². The number of amides is 6. The van der Waals surface area contributed by atoms with E-state index >= 15 is 19.2 Å². The molecule has 7 aliphatic heterocycles. The molecule has 8 atom stereocenters. The third-order valence-electron chi connectivity index (χ3n) is 16.5. The summed E-state index contributed by atoms with van der Waals surface area (Å²) >= 11 is 14.2. The van der Waals surface area contributed by atoms with Gasteiger partial charge in [-0.25, -0.2) is 4.79 Å². The first-order valence-electron chi connectivity index (χ1n) is 29.1. The summed E-state index contributed by atoms with van der Waals surface area (Å²) in [6, 6.07) is 10.3. The van der Waals surface area contributed by atoms with Gasteiger partial charge in [-0.15, -0.1) is 0 Å². The van der Waals surface area contributed by atoms with Gasteiger partial charge in [0.2, 0.25) is 41.2 Å². The lowest BCUT2D eigenvalue weighted by atomic mass is 9.89. The topological polar surface area (TPSA) is 388 Å². The summed E-state index contributed by atoms with van der Waals surface area (Å²) in [7, 11) is 0.984. The van der Waals surface area contributed by atoms with Crippen LogP contribution in [-0.2, 0) is 44.7 Å². The Morgan fingerprint density at radius 1 is 0.570 bits per heavy atom. The molecule has 17 bridgehead atoms. The minimum atomic E-state index is -2.12. The number of nitrogens with two attached hydrogens (primary N) is 1. The highest BCUT2D eigenvalue weighted by Gasteiger charge is 2.42. The minimum absolute atomic E-state index is 0.0194. The summed E-state index contributed by atoms with van der Waals surface area (Å²) < 4.78 is 31.0. The van der Waals surface area contributed by atoms with Gasteiger partial charge in [-0.2, -0.15) is 0 Å². The maximum atomic E-state index is 16.1. The normalized spacial score (nSPS) is 22.2. The Morgan fingerprint density at radius 2 is 1.17 bits per heavy atom. The number of benzene rings is 7. The average Bonchev–Trinajstić information content (AvgIpc) is 0.910. The van der Waals surface area contributed by atoms with Crippen molar-refractivity contribution in [2.24, 2.45) is 5.73 Å². The van der Waals surface area contributed by atoms with Crippen LogP contribution in [0.15, 0.2) is 115 Å². The maximum absolute atomic E-state index is 16.1. The molecule has 0 radical (unpaired) electrons. The number of fused-ring (bicyclic) bond motifs is 14. The van der Waals surface area contributed by atoms with E-state index in [1.165, 1.54) is 72.8 Å². The number of hydrogen-bond donors (Lipinski definition) is 13. The van der Waals surface area contributed by atoms with E-state index in [1.54, 1.807) is 6.07 Å². The second-order valence-electron chi connectivity index (χ2n) is 22.7. The first-order valence-corrected chi connectivity index (χ1v) is 29.9. The van der Waals surface area contributed by atoms with Gasteiger partial charge in [0.15, 0.2) is 29.0 Å². The Labute approximate surface area is 538 Å². The number of aromatic hydroxyl groups is 5. The monoisotopic (exact) mass is 1310 g/mol. The Hall–Kier alpha value is -10.5. The molecule has 1 saturated heterocycles. The number of carbonyl (C=O) groups is 7. The summed E-state index contributed by atoms with van der Waals surface area (Å²) in [5, 5.41) is 84.2. The number of ether oxygens (including phenoxy) is 5. The number of carbonyl (C=O) groups excluding carboxylic acids is 7. The summed E-state index contributed by atoms with van der Waals surface area (Å²) in [5.41, 5.74) is 5.21. The Kier molecular flexibility index (Phi) is 17.3. The number of nitrogens with one attached hydrogen (secondary N) is 6. The zero-order chi connectivity index (χ0) is 65.7. The van der Waals surface area contributed by atoms with Crippen molar-refractivity contribution in [3.8, 4) is 80.1 Å². The van der Waals surface area contributed by atoms with Crippen LogP contribution in [0.1, 0.15) is 88.1 Å². The average molecular weight is 1310 g/mol. The molecule has 0 spiro atoms. The molecule has 14 rings (SSSR count). The summed E-state index contributed by atoms with van der Waals surface area (Å²) in [6.45, 7) is 2.01. The zero-order valence-electron chi connectivity index (χ0n) is 48.9. The Balaban J connectivity index is 1.10. The van der Waals surface area contributed by atoms with E-state index in [0.717, 1.165) is 69.4 Å². The number of phenols is 5. The van der Waals surface area contributed by atoms with Crippen LogP contribution in [0, 0.1) is 0 Å². The molecule has 480 valence electrons. The van der Waals surface area contributed by atoms with Gasteiger partial charge >= 0.3 is 5.97 Å². The highest BCUT2D eigenvalue weighted by atomic mass is 35.5. The SMILES string of the molecule is COC(=O)[C@@H]1NC(=O)[C@H]2NC(=O)[C@H](NC(=O)[C@@H]3NC(=O)[C@H]4NC(=O)[C@@H](Cc5ccc(c(Cl)c5)Oc5cc3cc(c5OCCN3CCCC3)Oc3ccc(cc3Cl)[C@H]2O)NC(=O)[C@H](N)c2ccc(O)c(c2)Oc2cc(O)cc4c2)c2ccc(O)c(c2)-c2c(O)cc(O)cc21. The van der Waals surface area contributed by atoms with Gasteiger partial charge in [0.25, 0.3) is 0 Å². The van der Waals surface area contributed by atoms with Crippen molar-refractivity contribution in [1.82, 2.24) is 36.8 Å². The standard InChI is InChI=1S/C65H58Cl2N8O18/c1-89-65(88)55-38-26-35(77)27-44(80)50(38)37-20-30(6-8-42(37)78)52-61(84)74-56(64(87)73-55)57(81)31-7-11-46(40(67)21-31)93-49-24-33-23-48(58(49)90-15-14-75-12-2-3-13-75)92-45-10-4-28(16-39(45)66)17-41-59(82)70-53(62(85)72-54(33)63(86)71-52)32-18-34(76)25-36(19-32)91-47-22-29(5-9-43(47)79)51(68)60(83)69-41/h4-11,16,18-27,41,51-57,76-81H,2-3,12-15,17,68H2,1H3,(H,69,83)(H,70,82)(H,71,86)(H,72,85)(H,73,87)(H,74,84)/t41-,51-,52-,53+,54-,55-,56+,57-/m1/s1. The lowest BCUT2D eigenvalue weighted by molar-refractivity contribution is -0.146. The lowest BCUT2D eigenvalue weighted by Gasteiger charge is -2.31. The predicted octanol–water partition coefficient (Wildman–Crippen LogP) is 5.84. The second kappa shape index (κ2) is 25.6. The highest BCUT2D eigenvalue weighted by molar-refractivity contribution is 6.32. The van der Waals surface area contributed by atoms with E-state index in [1.807, 2.05) is 0 Å². The molecule has 93 heavy (non-hydrogen) atoms. The van der Waals surface area contributed by atoms with Crippen molar-refractivity contribution in [2.45, 2.75) is 67.7 Å². The molecule has 0 saturated carbocycles. The fourth-order valence-electron chi connectivity index (χ4n) is 11.8. The molecule has 1 fully saturated rings. The number of halogens is 2. The first-order chi connectivity index (χ1) is 44.6. The number of nitrogens with zero attached hydrogens (tertiary/aromatic N) is 1. The fourth-order valence-corrected chi connectivity index (χ4v) is 12.2. The molecular formula is C65H58Cl2N8O18. The van der Waals surface area contributed by atoms with E-state index in [2.05, 4.69) is 36.8 Å². The molecule has 0 aromatic heterocycles. The van der Waals surface area contributed by atoms with Crippen LogP contribution in [0.2, 0.25) is 10.0 Å². The van der Waals surface area contributed by atoms with Crippen molar-refractivity contribution < 1.29 is 87.9 Å². The van der Waals surface area contributed by atoms with E-state index in [4.69, 9.17) is 52.6 Å². The molecule has 7 aromatic rings. The number of phenolic OH excluding ortho intramolecular Hbond substituents is 5. The lowest BCUT2D eigenvalue weighted by Crippen LogP contribution is -2.55. The van der Waals surface area contributed by atoms with Gasteiger partial charge in [-0.3, -0.25) is 33.7 Å². The van der Waals surface area contributed by atoms with Crippen LogP contribution in [0.4, 0.5) is 0 Å². The van der Waals surface area contributed by atoms with Crippen molar-refractivity contribution >= 4 is 64.6 Å². The number of rotatable bonds is 5. The van der Waals surface area contributed by atoms with Crippen molar-refractivity contribution in [3.63, 3.8) is 0 Å². The highest BCUT2D eigenvalue weighted by Crippen LogP contribution is 2.49. The van der Waals surface area contributed by atoms with Gasteiger partial charge in [0.1, 0.15) is 89.2 Å². The van der Waals surface area contributed by atoms with Gasteiger partial charge < -0.3 is 92.0 Å². The van der Waals surface area contributed by atoms with Gasteiger partial charge in [-0.05, 0) is 138 Å². The van der Waals surface area contributed by atoms with E-state index < -0.39 is 119 Å². The van der Waals surface area contributed by atoms with Gasteiger partial charge in [-0.1, -0.05) is 47.5 Å². The van der Waals surface area contributed by atoms with Crippen LogP contribution < -0.4 is 56.6 Å². The molecule has 7 aliphatic rings. The minimum Gasteiger partial charge on any atom is -0.508 e. The number of hydrogen-bond acceptors (Lipinski definition) is 20. The predicted molar refractivity (Wildman–Crippen MR) is 329 cm³/mol. The summed E-state index contributed by atoms with van der Waals surface area (Å²) in [5.74, 6) is -12.1. The van der Waals surface area contributed by atoms with Crippen LogP contribution in [0.25, 0.3) is 11.1 Å². The van der Waals surface area contributed by atoms with Gasteiger partial charge in [0, 0.05) is 41.8 Å². The smallest absolute Gasteiger partial charge is 0.333 e. The number of aliphatic hydroxyl groups excluding tert-OH is 1. The van der Waals surface area contributed by atoms with Crippen LogP contribution in [0.5, 0.6) is 69.0 Å². The molecule has 0 unspecified atom stereocenters.